The van der Waals surface area contributed by atoms with Gasteiger partial charge in [0.1, 0.15) is 11.2 Å². The molecule has 2 heteroatoms. The summed E-state index contributed by atoms with van der Waals surface area (Å²) in [6.07, 6.45) is 0. The molecule has 0 fully saturated rings. The fourth-order valence-electron chi connectivity index (χ4n) is 7.35. The van der Waals surface area contributed by atoms with Gasteiger partial charge in [0.25, 0.3) is 0 Å². The van der Waals surface area contributed by atoms with Crippen LogP contribution < -0.4 is 4.90 Å². The van der Waals surface area contributed by atoms with E-state index in [-0.39, 0.29) is 5.41 Å². The number of rotatable bonds is 4. The average molecular weight is 578 g/mol. The fraction of sp³-hybridized carbons (Fsp3) is 0.0698. The summed E-state index contributed by atoms with van der Waals surface area (Å²) in [5.41, 5.74) is 13.0. The molecule has 9 rings (SSSR count). The first-order valence-corrected chi connectivity index (χ1v) is 15.6. The van der Waals surface area contributed by atoms with Crippen molar-refractivity contribution in [3.05, 3.63) is 163 Å². The van der Waals surface area contributed by atoms with Crippen molar-refractivity contribution in [2.75, 3.05) is 4.90 Å². The molecule has 8 aromatic rings. The van der Waals surface area contributed by atoms with Crippen LogP contribution >= 0.6 is 0 Å². The second-order valence-electron chi connectivity index (χ2n) is 12.6. The van der Waals surface area contributed by atoms with Crippen molar-refractivity contribution in [3.63, 3.8) is 0 Å². The number of fused-ring (bicyclic) bond motifs is 8. The molecule has 0 atom stereocenters. The maximum absolute atomic E-state index is 6.38. The predicted molar refractivity (Wildman–Crippen MR) is 189 cm³/mol. The van der Waals surface area contributed by atoms with Crippen molar-refractivity contribution in [3.8, 4) is 22.3 Å². The molecule has 0 aliphatic heterocycles. The zero-order valence-electron chi connectivity index (χ0n) is 25.3. The van der Waals surface area contributed by atoms with Crippen LogP contribution in [0.25, 0.3) is 55.0 Å². The minimum Gasteiger partial charge on any atom is -0.455 e. The smallest absolute Gasteiger partial charge is 0.143 e. The molecule has 0 radical (unpaired) electrons. The lowest BCUT2D eigenvalue weighted by Gasteiger charge is -2.28. The van der Waals surface area contributed by atoms with Crippen LogP contribution in [0.1, 0.15) is 25.0 Å². The van der Waals surface area contributed by atoms with Gasteiger partial charge in [-0.05, 0) is 93.4 Å². The largest absolute Gasteiger partial charge is 0.455 e. The Bertz CT molecular complexity index is 2400. The summed E-state index contributed by atoms with van der Waals surface area (Å²) in [7, 11) is 0. The van der Waals surface area contributed by atoms with E-state index in [9.17, 15) is 0 Å². The highest BCUT2D eigenvalue weighted by molar-refractivity contribution is 6.15. The molecule has 45 heavy (non-hydrogen) atoms. The van der Waals surface area contributed by atoms with Crippen LogP contribution in [0.2, 0.25) is 0 Å². The molecule has 1 aliphatic rings. The van der Waals surface area contributed by atoms with E-state index in [1.165, 1.54) is 33.4 Å². The van der Waals surface area contributed by atoms with Gasteiger partial charge < -0.3 is 9.32 Å². The Labute approximate surface area is 262 Å². The second kappa shape index (κ2) is 9.70. The van der Waals surface area contributed by atoms with E-state index in [1.807, 2.05) is 12.1 Å². The van der Waals surface area contributed by atoms with Crippen molar-refractivity contribution >= 4 is 49.8 Å². The molecule has 7 aromatic carbocycles. The van der Waals surface area contributed by atoms with Gasteiger partial charge in [-0.1, -0.05) is 111 Å². The van der Waals surface area contributed by atoms with Gasteiger partial charge in [-0.2, -0.15) is 0 Å². The number of hydrogen-bond acceptors (Lipinski definition) is 2. The number of furan rings is 1. The normalized spacial score (nSPS) is 13.3. The van der Waals surface area contributed by atoms with Gasteiger partial charge in [0.2, 0.25) is 0 Å². The van der Waals surface area contributed by atoms with Crippen LogP contribution in [-0.4, -0.2) is 0 Å². The molecule has 0 N–H and O–H groups in total. The Morgan fingerprint density at radius 2 is 1.11 bits per heavy atom. The van der Waals surface area contributed by atoms with Gasteiger partial charge in [-0.15, -0.1) is 0 Å². The maximum atomic E-state index is 6.38. The molecule has 2 nitrogen and oxygen atoms in total. The van der Waals surface area contributed by atoms with E-state index in [4.69, 9.17) is 4.42 Å². The zero-order chi connectivity index (χ0) is 30.1. The van der Waals surface area contributed by atoms with Crippen LogP contribution in [-0.2, 0) is 5.41 Å². The summed E-state index contributed by atoms with van der Waals surface area (Å²) >= 11 is 0. The molecular weight excluding hydrogens is 546 g/mol. The SMILES string of the molecule is CC1(C)c2ccccc2-c2ccc(N(c3ccc(-c4ccccc4)cc3)c3ccc4c(ccc5c6ccccc6oc45)c3)cc21. The first-order valence-electron chi connectivity index (χ1n) is 15.6. The zero-order valence-corrected chi connectivity index (χ0v) is 25.3. The first-order chi connectivity index (χ1) is 22.1. The van der Waals surface area contributed by atoms with Gasteiger partial charge in [-0.25, -0.2) is 0 Å². The number of nitrogens with zero attached hydrogens (tertiary/aromatic N) is 1. The van der Waals surface area contributed by atoms with Gasteiger partial charge in [-0.3, -0.25) is 0 Å². The van der Waals surface area contributed by atoms with Crippen LogP contribution in [0.15, 0.2) is 156 Å². The van der Waals surface area contributed by atoms with Crippen molar-refractivity contribution in [1.29, 1.82) is 0 Å². The summed E-state index contributed by atoms with van der Waals surface area (Å²) in [5.74, 6) is 0. The van der Waals surface area contributed by atoms with E-state index in [2.05, 4.69) is 158 Å². The van der Waals surface area contributed by atoms with E-state index < -0.39 is 0 Å². The van der Waals surface area contributed by atoms with E-state index in [0.29, 0.717) is 0 Å². The summed E-state index contributed by atoms with van der Waals surface area (Å²) in [4.78, 5) is 2.39. The summed E-state index contributed by atoms with van der Waals surface area (Å²) in [5, 5.41) is 4.58. The second-order valence-corrected chi connectivity index (χ2v) is 12.6. The molecular formula is C43H31NO. The molecule has 0 amide bonds. The lowest BCUT2D eigenvalue weighted by molar-refractivity contribution is 0.660. The Morgan fingerprint density at radius 1 is 0.467 bits per heavy atom. The Morgan fingerprint density at radius 3 is 1.98 bits per heavy atom. The predicted octanol–water partition coefficient (Wildman–Crippen LogP) is 12.2. The first kappa shape index (κ1) is 25.9. The summed E-state index contributed by atoms with van der Waals surface area (Å²) < 4.78 is 6.38. The van der Waals surface area contributed by atoms with Crippen LogP contribution in [0.3, 0.4) is 0 Å². The van der Waals surface area contributed by atoms with E-state index in [1.54, 1.807) is 0 Å². The molecule has 1 aliphatic carbocycles. The molecule has 0 saturated heterocycles. The number of para-hydroxylation sites is 1. The van der Waals surface area contributed by atoms with Gasteiger partial charge in [0.05, 0.1) is 0 Å². The van der Waals surface area contributed by atoms with Crippen LogP contribution in [0.5, 0.6) is 0 Å². The molecule has 1 aromatic heterocycles. The highest BCUT2D eigenvalue weighted by Crippen LogP contribution is 2.50. The average Bonchev–Trinajstić information content (AvgIpc) is 3.58. The highest BCUT2D eigenvalue weighted by Gasteiger charge is 2.35. The van der Waals surface area contributed by atoms with Crippen LogP contribution in [0, 0.1) is 0 Å². The minimum atomic E-state index is -0.0823. The third kappa shape index (κ3) is 3.96. The fourth-order valence-corrected chi connectivity index (χ4v) is 7.35. The lowest BCUT2D eigenvalue weighted by atomic mass is 9.82. The molecule has 0 spiro atoms. The molecule has 0 unspecified atom stereocenters. The minimum absolute atomic E-state index is 0.0823. The van der Waals surface area contributed by atoms with Crippen molar-refractivity contribution in [2.45, 2.75) is 19.3 Å². The topological polar surface area (TPSA) is 16.4 Å². The van der Waals surface area contributed by atoms with E-state index in [0.717, 1.165) is 49.8 Å². The standard InChI is InChI=1S/C43H31NO/c1-43(2)39-14-8-6-12-35(39)36-25-22-33(27-40(36)43)44(31-19-16-29(17-20-31)28-10-4-3-5-11-28)32-21-24-34-30(26-32)18-23-38-37-13-7-9-15-41(37)45-42(34)38/h3-27H,1-2H3. The highest BCUT2D eigenvalue weighted by atomic mass is 16.3. The number of anilines is 3. The lowest BCUT2D eigenvalue weighted by Crippen LogP contribution is -2.16. The van der Waals surface area contributed by atoms with E-state index >= 15 is 0 Å². The quantitative estimate of drug-likeness (QED) is 0.207. The molecule has 1 heterocycles. The molecule has 0 saturated carbocycles. The van der Waals surface area contributed by atoms with Crippen molar-refractivity contribution in [1.82, 2.24) is 0 Å². The monoisotopic (exact) mass is 577 g/mol. The Kier molecular flexibility index (Phi) is 5.58. The molecule has 214 valence electrons. The van der Waals surface area contributed by atoms with Gasteiger partial charge in [0, 0.05) is 38.6 Å². The summed E-state index contributed by atoms with van der Waals surface area (Å²) in [6.45, 7) is 4.68. The van der Waals surface area contributed by atoms with Crippen LogP contribution in [0.4, 0.5) is 17.1 Å². The van der Waals surface area contributed by atoms with Gasteiger partial charge in [0.15, 0.2) is 0 Å². The third-order valence-electron chi connectivity index (χ3n) is 9.66. The third-order valence-corrected chi connectivity index (χ3v) is 9.66. The number of benzene rings is 7. The molecule has 0 bridgehead atoms. The van der Waals surface area contributed by atoms with Gasteiger partial charge >= 0.3 is 0 Å². The number of hydrogen-bond donors (Lipinski definition) is 0. The van der Waals surface area contributed by atoms with Crippen molar-refractivity contribution in [2.24, 2.45) is 0 Å². The summed E-state index contributed by atoms with van der Waals surface area (Å²) in [6, 6.07) is 54.7. The Balaban J connectivity index is 1.22. The van der Waals surface area contributed by atoms with Crippen molar-refractivity contribution < 1.29 is 4.42 Å². The maximum Gasteiger partial charge on any atom is 0.143 e. The Hall–Kier alpha value is -5.60.